The summed E-state index contributed by atoms with van der Waals surface area (Å²) < 4.78 is 11.2. The van der Waals surface area contributed by atoms with Crippen LogP contribution in [0.1, 0.15) is 10.4 Å². The van der Waals surface area contributed by atoms with Gasteiger partial charge < -0.3 is 19.3 Å². The molecule has 0 aliphatic carbocycles. The molecule has 0 N–H and O–H groups in total. The van der Waals surface area contributed by atoms with Crippen molar-refractivity contribution < 1.29 is 14.3 Å². The van der Waals surface area contributed by atoms with Gasteiger partial charge in [0.15, 0.2) is 0 Å². The molecule has 0 spiro atoms. The number of anilines is 1. The molecule has 1 fully saturated rings. The van der Waals surface area contributed by atoms with Crippen molar-refractivity contribution in [1.29, 1.82) is 0 Å². The Balaban J connectivity index is 1.66. The first kappa shape index (κ1) is 17.6. The molecule has 1 aliphatic heterocycles. The molecule has 5 nitrogen and oxygen atoms in total. The fraction of sp³-hybridized carbons (Fsp3) is 0.316. The Kier molecular flexibility index (Phi) is 5.48. The lowest BCUT2D eigenvalue weighted by atomic mass is 10.1. The molecular formula is C19H21BrN2O3. The number of benzene rings is 2. The van der Waals surface area contributed by atoms with Crippen LogP contribution >= 0.6 is 15.9 Å². The van der Waals surface area contributed by atoms with Crippen LogP contribution in [0.2, 0.25) is 0 Å². The minimum absolute atomic E-state index is 0.0279. The van der Waals surface area contributed by atoms with Crippen LogP contribution in [0.15, 0.2) is 46.9 Å². The third-order valence-corrected chi connectivity index (χ3v) is 5.10. The van der Waals surface area contributed by atoms with Crippen LogP contribution in [-0.4, -0.2) is 51.2 Å². The van der Waals surface area contributed by atoms with Gasteiger partial charge in [-0.25, -0.2) is 0 Å². The van der Waals surface area contributed by atoms with Gasteiger partial charge in [0.05, 0.1) is 19.8 Å². The summed E-state index contributed by atoms with van der Waals surface area (Å²) >= 11 is 3.46. The standard InChI is InChI=1S/C19H21BrN2O3/c1-24-15-5-3-14(4-6-15)21-9-11-22(12-10-21)19(23)17-13-16(25-2)7-8-18(17)20/h3-8,13H,9-12H2,1-2H3. The maximum atomic E-state index is 12.8. The average molecular weight is 405 g/mol. The van der Waals surface area contributed by atoms with Crippen molar-refractivity contribution in [2.24, 2.45) is 0 Å². The summed E-state index contributed by atoms with van der Waals surface area (Å²) in [5.41, 5.74) is 1.78. The zero-order valence-corrected chi connectivity index (χ0v) is 16.0. The highest BCUT2D eigenvalue weighted by atomic mass is 79.9. The molecule has 1 saturated heterocycles. The van der Waals surface area contributed by atoms with E-state index in [9.17, 15) is 4.79 Å². The Hall–Kier alpha value is -2.21. The summed E-state index contributed by atoms with van der Waals surface area (Å²) in [6, 6.07) is 13.5. The smallest absolute Gasteiger partial charge is 0.255 e. The Morgan fingerprint density at radius 3 is 2.12 bits per heavy atom. The van der Waals surface area contributed by atoms with Gasteiger partial charge in [-0.2, -0.15) is 0 Å². The fourth-order valence-electron chi connectivity index (χ4n) is 2.93. The summed E-state index contributed by atoms with van der Waals surface area (Å²) in [6.45, 7) is 2.99. The van der Waals surface area contributed by atoms with Crippen LogP contribution in [0.3, 0.4) is 0 Å². The number of methoxy groups -OCH3 is 2. The quantitative estimate of drug-likeness (QED) is 0.782. The minimum atomic E-state index is 0.0279. The molecule has 132 valence electrons. The third-order valence-electron chi connectivity index (χ3n) is 4.41. The zero-order valence-electron chi connectivity index (χ0n) is 14.4. The molecule has 6 heteroatoms. The average Bonchev–Trinajstić information content (AvgIpc) is 2.68. The second-order valence-electron chi connectivity index (χ2n) is 5.82. The number of nitrogens with zero attached hydrogens (tertiary/aromatic N) is 2. The van der Waals surface area contributed by atoms with E-state index in [1.54, 1.807) is 20.3 Å². The second-order valence-corrected chi connectivity index (χ2v) is 6.68. The molecule has 3 rings (SSSR count). The topological polar surface area (TPSA) is 42.0 Å². The van der Waals surface area contributed by atoms with Gasteiger partial charge in [0.2, 0.25) is 0 Å². The molecule has 0 saturated carbocycles. The van der Waals surface area contributed by atoms with Crippen LogP contribution in [0.5, 0.6) is 11.5 Å². The number of carbonyl (C=O) groups excluding carboxylic acids is 1. The molecule has 0 bridgehead atoms. The van der Waals surface area contributed by atoms with Gasteiger partial charge in [0, 0.05) is 36.3 Å². The first-order valence-electron chi connectivity index (χ1n) is 8.14. The Labute approximate surface area is 156 Å². The summed E-state index contributed by atoms with van der Waals surface area (Å²) in [7, 11) is 3.27. The number of carbonyl (C=O) groups is 1. The van der Waals surface area contributed by atoms with Gasteiger partial charge in [-0.15, -0.1) is 0 Å². The van der Waals surface area contributed by atoms with Crippen molar-refractivity contribution in [3.05, 3.63) is 52.5 Å². The highest BCUT2D eigenvalue weighted by Gasteiger charge is 2.24. The summed E-state index contributed by atoms with van der Waals surface area (Å²) in [6.07, 6.45) is 0. The highest BCUT2D eigenvalue weighted by molar-refractivity contribution is 9.10. The summed E-state index contributed by atoms with van der Waals surface area (Å²) in [5, 5.41) is 0. The van der Waals surface area contributed by atoms with Crippen LogP contribution in [0, 0.1) is 0 Å². The van der Waals surface area contributed by atoms with Crippen LogP contribution in [0.4, 0.5) is 5.69 Å². The van der Waals surface area contributed by atoms with E-state index in [1.807, 2.05) is 29.2 Å². The number of amides is 1. The van der Waals surface area contributed by atoms with Crippen LogP contribution < -0.4 is 14.4 Å². The van der Waals surface area contributed by atoms with E-state index in [0.29, 0.717) is 24.4 Å². The molecule has 1 aliphatic rings. The van der Waals surface area contributed by atoms with Gasteiger partial charge in [-0.3, -0.25) is 4.79 Å². The van der Waals surface area contributed by atoms with E-state index >= 15 is 0 Å². The largest absolute Gasteiger partial charge is 0.497 e. The molecule has 25 heavy (non-hydrogen) atoms. The summed E-state index contributed by atoms with van der Waals surface area (Å²) in [5.74, 6) is 1.56. The molecule has 0 radical (unpaired) electrons. The first-order valence-corrected chi connectivity index (χ1v) is 8.93. The van der Waals surface area contributed by atoms with E-state index in [-0.39, 0.29) is 5.91 Å². The molecule has 0 aromatic heterocycles. The Morgan fingerprint density at radius 2 is 1.52 bits per heavy atom. The molecule has 0 unspecified atom stereocenters. The zero-order chi connectivity index (χ0) is 17.8. The minimum Gasteiger partial charge on any atom is -0.497 e. The monoisotopic (exact) mass is 404 g/mol. The van der Waals surface area contributed by atoms with Crippen LogP contribution in [-0.2, 0) is 0 Å². The number of ether oxygens (including phenoxy) is 2. The van der Waals surface area contributed by atoms with Gasteiger partial charge in [0.1, 0.15) is 11.5 Å². The number of halogens is 1. The van der Waals surface area contributed by atoms with Gasteiger partial charge in [-0.1, -0.05) is 0 Å². The Bertz CT molecular complexity index is 741. The highest BCUT2D eigenvalue weighted by Crippen LogP contribution is 2.25. The SMILES string of the molecule is COc1ccc(N2CCN(C(=O)c3cc(OC)ccc3Br)CC2)cc1. The van der Waals surface area contributed by atoms with Crippen molar-refractivity contribution in [2.45, 2.75) is 0 Å². The predicted molar refractivity (Wildman–Crippen MR) is 102 cm³/mol. The summed E-state index contributed by atoms with van der Waals surface area (Å²) in [4.78, 5) is 17.0. The molecule has 2 aromatic carbocycles. The molecular weight excluding hydrogens is 384 g/mol. The van der Waals surface area contributed by atoms with Crippen molar-refractivity contribution in [2.75, 3.05) is 45.3 Å². The van der Waals surface area contributed by atoms with E-state index in [2.05, 4.69) is 33.0 Å². The lowest BCUT2D eigenvalue weighted by molar-refractivity contribution is 0.0745. The fourth-order valence-corrected chi connectivity index (χ4v) is 3.34. The lowest BCUT2D eigenvalue weighted by Crippen LogP contribution is -2.48. The maximum absolute atomic E-state index is 12.8. The predicted octanol–water partition coefficient (Wildman–Crippen LogP) is 3.43. The third kappa shape index (κ3) is 3.90. The first-order chi connectivity index (χ1) is 12.1. The van der Waals surface area contributed by atoms with Crippen molar-refractivity contribution in [3.8, 4) is 11.5 Å². The normalized spacial score (nSPS) is 14.4. The van der Waals surface area contributed by atoms with E-state index < -0.39 is 0 Å². The van der Waals surface area contributed by atoms with E-state index in [0.717, 1.165) is 29.0 Å². The second kappa shape index (κ2) is 7.78. The number of rotatable bonds is 4. The number of hydrogen-bond donors (Lipinski definition) is 0. The molecule has 1 heterocycles. The van der Waals surface area contributed by atoms with Crippen molar-refractivity contribution >= 4 is 27.5 Å². The molecule has 2 aromatic rings. The molecule has 1 amide bonds. The van der Waals surface area contributed by atoms with E-state index in [4.69, 9.17) is 9.47 Å². The maximum Gasteiger partial charge on any atom is 0.255 e. The molecule has 0 atom stereocenters. The van der Waals surface area contributed by atoms with Crippen LogP contribution in [0.25, 0.3) is 0 Å². The Morgan fingerprint density at radius 1 is 0.920 bits per heavy atom. The van der Waals surface area contributed by atoms with Crippen molar-refractivity contribution in [1.82, 2.24) is 4.90 Å². The number of piperazine rings is 1. The van der Waals surface area contributed by atoms with Gasteiger partial charge in [-0.05, 0) is 58.4 Å². The van der Waals surface area contributed by atoms with Crippen molar-refractivity contribution in [3.63, 3.8) is 0 Å². The number of hydrogen-bond acceptors (Lipinski definition) is 4. The van der Waals surface area contributed by atoms with E-state index in [1.165, 1.54) is 0 Å². The lowest BCUT2D eigenvalue weighted by Gasteiger charge is -2.36. The van der Waals surface area contributed by atoms with Gasteiger partial charge in [0.25, 0.3) is 5.91 Å². The van der Waals surface area contributed by atoms with Gasteiger partial charge >= 0.3 is 0 Å².